The van der Waals surface area contributed by atoms with E-state index < -0.39 is 56.2 Å². The molecule has 1 fully saturated rings. The lowest BCUT2D eigenvalue weighted by atomic mass is 9.17. The Balaban J connectivity index is 1.81. The number of aromatic nitrogens is 1. The number of esters is 1. The van der Waals surface area contributed by atoms with Crippen LogP contribution in [-0.4, -0.2) is 102 Å². The third kappa shape index (κ3) is 7.14. The second kappa shape index (κ2) is 13.2. The number of ether oxygens (including phenoxy) is 1. The quantitative estimate of drug-likeness (QED) is 0.286. The van der Waals surface area contributed by atoms with Gasteiger partial charge in [0.05, 0.1) is 79.4 Å². The topological polar surface area (TPSA) is 71.5 Å². The van der Waals surface area contributed by atoms with Crippen LogP contribution in [0.1, 0.15) is 66.6 Å². The molecule has 2 aromatic carbocycles. The summed E-state index contributed by atoms with van der Waals surface area (Å²) in [6, 6.07) is 9.83. The molecule has 1 amide bonds. The molecule has 0 bridgehead atoms. The number of rotatable bonds is 8. The molecule has 1 aliphatic heterocycles. The van der Waals surface area contributed by atoms with Crippen LogP contribution in [0.15, 0.2) is 46.9 Å². The van der Waals surface area contributed by atoms with Crippen molar-refractivity contribution in [1.82, 2.24) is 10.3 Å². The number of carbonyl (C=O) groups excluding carboxylic acids is 2. The summed E-state index contributed by atoms with van der Waals surface area (Å²) in [5, 5.41) is -6.15. The molecular formula is C31H27B8BrF3N3O3. The molecule has 1 atom stereocenters. The number of fused-ring (bicyclic) bond motifs is 1. The number of nitrogens with one attached hydrogen (secondary N) is 1. The highest BCUT2D eigenvalue weighted by molar-refractivity contribution is 9.10. The van der Waals surface area contributed by atoms with Crippen LogP contribution in [0, 0.1) is 6.92 Å². The molecule has 3 aromatic rings. The first-order chi connectivity index (χ1) is 22.3. The van der Waals surface area contributed by atoms with Crippen molar-refractivity contribution in [3.05, 3.63) is 69.2 Å². The summed E-state index contributed by atoms with van der Waals surface area (Å²) in [4.78, 5) is 32.3. The van der Waals surface area contributed by atoms with Gasteiger partial charge in [-0.25, -0.2) is 4.98 Å². The molecule has 4 rings (SSSR count). The lowest BCUT2D eigenvalue weighted by Gasteiger charge is -2.49. The maximum Gasteiger partial charge on any atom is 0.416 e. The number of anilines is 1. The Morgan fingerprint density at radius 2 is 1.53 bits per heavy atom. The molecule has 0 saturated carbocycles. The minimum atomic E-state index is -4.70. The molecular weight excluding hydrogens is 686 g/mol. The van der Waals surface area contributed by atoms with Gasteiger partial charge >= 0.3 is 12.1 Å². The van der Waals surface area contributed by atoms with Crippen molar-refractivity contribution in [3.63, 3.8) is 0 Å². The third-order valence-electron chi connectivity index (χ3n) is 8.69. The lowest BCUT2D eigenvalue weighted by Crippen LogP contribution is -2.60. The summed E-state index contributed by atoms with van der Waals surface area (Å²) in [5.74, 6) is -2.40. The predicted molar refractivity (Wildman–Crippen MR) is 195 cm³/mol. The van der Waals surface area contributed by atoms with Crippen molar-refractivity contribution in [3.8, 4) is 0 Å². The predicted octanol–water partition coefficient (Wildman–Crippen LogP) is 3.67. The largest absolute Gasteiger partial charge is 0.460 e. The number of nitrogens with zero attached hydrogens (tertiary/aromatic N) is 2. The summed E-state index contributed by atoms with van der Waals surface area (Å²) in [6.07, 6.45) is -4.98. The maximum atomic E-state index is 14.2. The molecule has 0 spiro atoms. The number of halogens is 4. The maximum absolute atomic E-state index is 14.2. The van der Waals surface area contributed by atoms with Crippen LogP contribution in [-0.2, 0) is 15.7 Å². The second-order valence-corrected chi connectivity index (χ2v) is 14.4. The molecule has 18 heteroatoms. The number of carbonyl (C=O) groups is 2. The fourth-order valence-corrected chi connectivity index (χ4v) is 6.35. The van der Waals surface area contributed by atoms with Gasteiger partial charge in [0.15, 0.2) is 0 Å². The summed E-state index contributed by atoms with van der Waals surface area (Å²) in [7, 11) is 50.6. The highest BCUT2D eigenvalue weighted by Crippen LogP contribution is 2.64. The number of hydrogen-bond donors (Lipinski definition) is 1. The van der Waals surface area contributed by atoms with Gasteiger partial charge in [-0.05, 0) is 74.6 Å². The van der Waals surface area contributed by atoms with Crippen LogP contribution in [0.2, 0.25) is 10.4 Å². The van der Waals surface area contributed by atoms with Gasteiger partial charge in [0, 0.05) is 34.3 Å². The molecule has 1 aliphatic rings. The molecule has 236 valence electrons. The normalized spacial score (nSPS) is 18.6. The number of hydrogen-bond acceptors (Lipinski definition) is 5. The molecule has 1 aromatic heterocycles. The number of pyridine rings is 1. The zero-order chi connectivity index (χ0) is 37.1. The molecule has 2 heterocycles. The van der Waals surface area contributed by atoms with Crippen LogP contribution in [0.25, 0.3) is 10.9 Å². The molecule has 0 aliphatic carbocycles. The van der Waals surface area contributed by atoms with Crippen LogP contribution < -0.4 is 10.2 Å². The van der Waals surface area contributed by atoms with Gasteiger partial charge in [0.2, 0.25) is 0 Å². The van der Waals surface area contributed by atoms with Gasteiger partial charge in [0.1, 0.15) is 11.4 Å². The molecule has 1 N–H and O–H groups in total. The van der Waals surface area contributed by atoms with Crippen molar-refractivity contribution in [2.45, 2.75) is 79.3 Å². The molecule has 6 nitrogen and oxygen atoms in total. The van der Waals surface area contributed by atoms with Gasteiger partial charge < -0.3 is 15.0 Å². The highest BCUT2D eigenvalue weighted by Gasteiger charge is 2.63. The zero-order valence-corrected chi connectivity index (χ0v) is 29.1. The zero-order valence-electron chi connectivity index (χ0n) is 27.5. The summed E-state index contributed by atoms with van der Waals surface area (Å²) in [6.45, 7) is 6.24. The van der Waals surface area contributed by atoms with E-state index in [0.29, 0.717) is 9.86 Å². The molecule has 49 heavy (non-hydrogen) atoms. The van der Waals surface area contributed by atoms with E-state index in [9.17, 15) is 22.8 Å². The Kier molecular flexibility index (Phi) is 10.5. The third-order valence-corrected chi connectivity index (χ3v) is 9.18. The molecule has 1 saturated heterocycles. The summed E-state index contributed by atoms with van der Waals surface area (Å²) in [5.41, 5.74) is -1.40. The van der Waals surface area contributed by atoms with E-state index in [1.807, 2.05) is 0 Å². The summed E-state index contributed by atoms with van der Waals surface area (Å²) < 4.78 is 48.3. The van der Waals surface area contributed by atoms with E-state index in [1.165, 1.54) is 25.1 Å². The van der Waals surface area contributed by atoms with E-state index in [4.69, 9.17) is 67.5 Å². The van der Waals surface area contributed by atoms with Crippen molar-refractivity contribution >= 4 is 107 Å². The van der Waals surface area contributed by atoms with Crippen molar-refractivity contribution in [1.29, 1.82) is 0 Å². The average Bonchev–Trinajstić information content (AvgIpc) is 3.02. The minimum absolute atomic E-state index is 0.0223. The molecule has 16 radical (unpaired) electrons. The van der Waals surface area contributed by atoms with Gasteiger partial charge in [-0.15, -0.1) is 10.4 Å². The van der Waals surface area contributed by atoms with E-state index in [0.717, 1.165) is 11.0 Å². The van der Waals surface area contributed by atoms with Crippen LogP contribution in [0.4, 0.5) is 19.0 Å². The van der Waals surface area contributed by atoms with E-state index in [1.54, 1.807) is 39.0 Å². The Hall–Kier alpha value is -2.62. The van der Waals surface area contributed by atoms with Gasteiger partial charge in [-0.2, -0.15) is 13.2 Å². The van der Waals surface area contributed by atoms with Gasteiger partial charge in [-0.3, -0.25) is 9.59 Å². The smallest absolute Gasteiger partial charge is 0.416 e. The van der Waals surface area contributed by atoms with E-state index >= 15 is 0 Å². The minimum Gasteiger partial charge on any atom is -0.460 e. The van der Waals surface area contributed by atoms with Gasteiger partial charge in [-0.1, -0.05) is 34.1 Å². The SMILES string of the molecule is [B]C1([B])N(c2nc3ccc(Br)cc3c(C(=O)NCC(CCC(=O)OC(C)(C)C)c3ccccc3C(F)(F)F)c2C)C([B])([B])C([B])([B])C1([B])[B]. The van der Waals surface area contributed by atoms with Crippen molar-refractivity contribution in [2.24, 2.45) is 0 Å². The van der Waals surface area contributed by atoms with E-state index in [-0.39, 0.29) is 47.4 Å². The Labute approximate surface area is 304 Å². The second-order valence-electron chi connectivity index (χ2n) is 13.4. The fraction of sp³-hybridized carbons (Fsp3) is 0.452. The van der Waals surface area contributed by atoms with Crippen molar-refractivity contribution in [2.75, 3.05) is 11.4 Å². The first kappa shape index (κ1) is 39.2. The Morgan fingerprint density at radius 3 is 2.08 bits per heavy atom. The first-order valence-corrected chi connectivity index (χ1v) is 15.9. The summed E-state index contributed by atoms with van der Waals surface area (Å²) >= 11 is 3.40. The standard InChI is InChI=1S/C31H27B8BrF3N3O3/c1-15-23(19-13-17(40)10-11-21(19)45-24(15)46-30(36,37)28(32,33)29(34,35)31(46,38)39)25(48)44-14-16(9-12-22(47)49-26(2,3)4)18-7-5-6-8-20(18)27(41,42)43/h5-8,10-11,13,16H,9,12,14H2,1-4H3,(H,44,48). The van der Waals surface area contributed by atoms with Crippen molar-refractivity contribution < 1.29 is 27.5 Å². The van der Waals surface area contributed by atoms with Crippen LogP contribution in [0.3, 0.4) is 0 Å². The van der Waals surface area contributed by atoms with Gasteiger partial charge in [0.25, 0.3) is 5.91 Å². The number of benzene rings is 2. The first-order valence-electron chi connectivity index (χ1n) is 15.1. The fourth-order valence-electron chi connectivity index (χ4n) is 5.98. The van der Waals surface area contributed by atoms with E-state index in [2.05, 4.69) is 26.2 Å². The van der Waals surface area contributed by atoms with Crippen LogP contribution in [0.5, 0.6) is 0 Å². The Bertz CT molecular complexity index is 1760. The highest BCUT2D eigenvalue weighted by atomic mass is 79.9. The average molecular weight is 713 g/mol. The Morgan fingerprint density at radius 1 is 0.959 bits per heavy atom. The lowest BCUT2D eigenvalue weighted by molar-refractivity contribution is -0.155. The van der Waals surface area contributed by atoms with Crippen LogP contribution >= 0.6 is 15.9 Å². The monoisotopic (exact) mass is 713 g/mol. The molecule has 1 unspecified atom stereocenters. The number of alkyl halides is 3. The number of amides is 1.